The third-order valence-electron chi connectivity index (χ3n) is 18.8. The molecule has 2 aliphatic rings. The van der Waals surface area contributed by atoms with Gasteiger partial charge in [0.05, 0.1) is 16.6 Å². The molecule has 0 unspecified atom stereocenters. The van der Waals surface area contributed by atoms with Gasteiger partial charge in [0.25, 0.3) is 6.71 Å². The second kappa shape index (κ2) is 16.9. The van der Waals surface area contributed by atoms with Crippen LogP contribution < -0.4 is 16.4 Å². The molecule has 83 heavy (non-hydrogen) atoms. The molecule has 2 nitrogen and oxygen atoms in total. The molecular formula is C80H47BN2. The van der Waals surface area contributed by atoms with Crippen molar-refractivity contribution in [2.75, 3.05) is 0 Å². The van der Waals surface area contributed by atoms with Crippen LogP contribution in [-0.2, 0) is 0 Å². The van der Waals surface area contributed by atoms with E-state index in [-0.39, 0.29) is 6.71 Å². The summed E-state index contributed by atoms with van der Waals surface area (Å²) in [4.78, 5) is 0. The first-order valence-corrected chi connectivity index (χ1v) is 29.0. The van der Waals surface area contributed by atoms with Gasteiger partial charge in [-0.05, 0) is 151 Å². The summed E-state index contributed by atoms with van der Waals surface area (Å²) in [6, 6.07) is 108. The number of nitrogens with zero attached hydrogens (tertiary/aromatic N) is 2. The molecule has 4 heterocycles. The van der Waals surface area contributed by atoms with E-state index in [9.17, 15) is 0 Å². The minimum atomic E-state index is -0.130. The Hall–Kier alpha value is -10.7. The van der Waals surface area contributed by atoms with Crippen LogP contribution >= 0.6 is 0 Å². The largest absolute Gasteiger partial charge is 0.310 e. The summed E-state index contributed by atoms with van der Waals surface area (Å²) in [5.74, 6) is 0. The minimum Gasteiger partial charge on any atom is -0.310 e. The van der Waals surface area contributed by atoms with E-state index < -0.39 is 0 Å². The van der Waals surface area contributed by atoms with Crippen molar-refractivity contribution in [2.45, 2.75) is 0 Å². The maximum absolute atomic E-state index is 2.70. The van der Waals surface area contributed by atoms with Crippen molar-refractivity contribution in [2.24, 2.45) is 0 Å². The molecule has 0 N–H and O–H groups in total. The molecular weight excluding hydrogens is 1000 g/mol. The fourth-order valence-electron chi connectivity index (χ4n) is 15.5. The van der Waals surface area contributed by atoms with Crippen LogP contribution in [0.15, 0.2) is 285 Å². The van der Waals surface area contributed by atoms with Gasteiger partial charge in [0, 0.05) is 43.8 Å². The van der Waals surface area contributed by atoms with Crippen LogP contribution in [0.3, 0.4) is 0 Å². The third kappa shape index (κ3) is 6.12. The second-order valence-electron chi connectivity index (χ2n) is 22.9. The summed E-state index contributed by atoms with van der Waals surface area (Å²) in [6.45, 7) is -0.130. The Morgan fingerprint density at radius 1 is 0.241 bits per heavy atom. The van der Waals surface area contributed by atoms with Gasteiger partial charge in [-0.2, -0.15) is 0 Å². The Morgan fingerprint density at radius 3 is 1.33 bits per heavy atom. The molecule has 0 saturated carbocycles. The van der Waals surface area contributed by atoms with Gasteiger partial charge < -0.3 is 9.13 Å². The fourth-order valence-corrected chi connectivity index (χ4v) is 15.5. The van der Waals surface area contributed by atoms with E-state index >= 15 is 0 Å². The molecule has 0 radical (unpaired) electrons. The summed E-state index contributed by atoms with van der Waals surface area (Å²) in [5, 5.41) is 17.9. The van der Waals surface area contributed by atoms with Gasteiger partial charge in [0.1, 0.15) is 0 Å². The molecule has 3 heteroatoms. The molecule has 0 bridgehead atoms. The quantitative estimate of drug-likeness (QED) is 0.120. The third-order valence-corrected chi connectivity index (χ3v) is 18.8. The van der Waals surface area contributed by atoms with E-state index in [1.54, 1.807) is 0 Å². The second-order valence-corrected chi connectivity index (χ2v) is 22.9. The zero-order valence-electron chi connectivity index (χ0n) is 45.1. The molecule has 19 rings (SSSR count). The van der Waals surface area contributed by atoms with E-state index in [0.717, 1.165) is 0 Å². The van der Waals surface area contributed by atoms with Gasteiger partial charge in [-0.15, -0.1) is 0 Å². The number of aromatic nitrogens is 2. The molecule has 2 aliphatic heterocycles. The molecule has 15 aromatic carbocycles. The SMILES string of the molecule is c1ccc(-c2ccccc2-c2cc3c4c(c2)c2c5c6ccccc6c6ccccc6c5ccc2n4-c2cc(-c4c(-c5ccccc5)cccc4-c4ccccc4)cc4c2B3c2cc3ccccc3c3c5c6ccccc6ccc5n-4c23)cc1. The highest BCUT2D eigenvalue weighted by Gasteiger charge is 2.43. The van der Waals surface area contributed by atoms with Gasteiger partial charge >= 0.3 is 0 Å². The Bertz CT molecular complexity index is 5580. The normalized spacial score (nSPS) is 12.6. The predicted molar refractivity (Wildman–Crippen MR) is 354 cm³/mol. The van der Waals surface area contributed by atoms with Crippen LogP contribution in [0.4, 0.5) is 0 Å². The van der Waals surface area contributed by atoms with Crippen molar-refractivity contribution < 1.29 is 0 Å². The van der Waals surface area contributed by atoms with E-state index in [1.807, 2.05) is 0 Å². The van der Waals surface area contributed by atoms with E-state index in [0.29, 0.717) is 0 Å². The van der Waals surface area contributed by atoms with Crippen molar-refractivity contribution in [1.82, 2.24) is 9.13 Å². The summed E-state index contributed by atoms with van der Waals surface area (Å²) >= 11 is 0. The van der Waals surface area contributed by atoms with Gasteiger partial charge in [0.15, 0.2) is 0 Å². The highest BCUT2D eigenvalue weighted by molar-refractivity contribution is 7.00. The summed E-state index contributed by atoms with van der Waals surface area (Å²) in [5.41, 5.74) is 23.5. The Balaban J connectivity index is 1.06. The van der Waals surface area contributed by atoms with Gasteiger partial charge in [-0.25, -0.2) is 0 Å². The lowest BCUT2D eigenvalue weighted by molar-refractivity contribution is 1.14. The van der Waals surface area contributed by atoms with Crippen LogP contribution in [0, 0.1) is 0 Å². The number of hydrogen-bond acceptors (Lipinski definition) is 0. The Labute approximate surface area is 479 Å². The number of rotatable bonds is 5. The summed E-state index contributed by atoms with van der Waals surface area (Å²) in [7, 11) is 0. The van der Waals surface area contributed by atoms with Crippen molar-refractivity contribution in [1.29, 1.82) is 0 Å². The van der Waals surface area contributed by atoms with Crippen LogP contribution in [0.5, 0.6) is 0 Å². The first-order chi connectivity index (χ1) is 41.2. The van der Waals surface area contributed by atoms with E-state index in [4.69, 9.17) is 0 Å². The molecule has 0 atom stereocenters. The van der Waals surface area contributed by atoms with Crippen molar-refractivity contribution >= 4 is 121 Å². The van der Waals surface area contributed by atoms with Crippen LogP contribution in [-0.4, -0.2) is 15.8 Å². The zero-order valence-corrected chi connectivity index (χ0v) is 45.1. The predicted octanol–water partition coefficient (Wildman–Crippen LogP) is 19.1. The summed E-state index contributed by atoms with van der Waals surface area (Å²) < 4.78 is 5.38. The van der Waals surface area contributed by atoms with Crippen LogP contribution in [0.25, 0.3) is 164 Å². The molecule has 0 fully saturated rings. The zero-order chi connectivity index (χ0) is 54.0. The molecule has 17 aromatic rings. The number of fused-ring (bicyclic) bond motifs is 21. The molecule has 2 aromatic heterocycles. The first kappa shape index (κ1) is 45.0. The first-order valence-electron chi connectivity index (χ1n) is 29.0. The lowest BCUT2D eigenvalue weighted by atomic mass is 9.34. The van der Waals surface area contributed by atoms with Gasteiger partial charge in [-0.1, -0.05) is 255 Å². The van der Waals surface area contributed by atoms with Crippen molar-refractivity contribution in [3.8, 4) is 67.0 Å². The maximum Gasteiger partial charge on any atom is 0.252 e. The highest BCUT2D eigenvalue weighted by Crippen LogP contribution is 2.50. The Morgan fingerprint density at radius 2 is 0.687 bits per heavy atom. The topological polar surface area (TPSA) is 9.86 Å². The highest BCUT2D eigenvalue weighted by atomic mass is 15.0. The average Bonchev–Trinajstić information content (AvgIpc) is 1.64. The van der Waals surface area contributed by atoms with Gasteiger partial charge in [-0.3, -0.25) is 0 Å². The number of hydrogen-bond donors (Lipinski definition) is 0. The van der Waals surface area contributed by atoms with Crippen molar-refractivity contribution in [3.05, 3.63) is 285 Å². The molecule has 380 valence electrons. The van der Waals surface area contributed by atoms with Crippen LogP contribution in [0.1, 0.15) is 0 Å². The molecule has 0 saturated heterocycles. The van der Waals surface area contributed by atoms with E-state index in [1.165, 1.54) is 181 Å². The lowest BCUT2D eigenvalue weighted by Gasteiger charge is -2.35. The molecule has 0 spiro atoms. The van der Waals surface area contributed by atoms with Gasteiger partial charge in [0.2, 0.25) is 0 Å². The summed E-state index contributed by atoms with van der Waals surface area (Å²) in [6.07, 6.45) is 0. The molecule has 0 amide bonds. The number of benzene rings is 15. The minimum absolute atomic E-state index is 0.130. The van der Waals surface area contributed by atoms with E-state index in [2.05, 4.69) is 294 Å². The smallest absolute Gasteiger partial charge is 0.252 e. The van der Waals surface area contributed by atoms with Crippen molar-refractivity contribution in [3.63, 3.8) is 0 Å². The van der Waals surface area contributed by atoms with Crippen LogP contribution in [0.2, 0.25) is 0 Å². The lowest BCUT2D eigenvalue weighted by Crippen LogP contribution is -2.59. The average molecular weight is 1050 g/mol. The Kier molecular flexibility index (Phi) is 9.17. The fraction of sp³-hybridized carbons (Fsp3) is 0. The standard InChI is InChI=1S/C80H47BN2/c1-4-21-48(22-5-1)55-29-14-15-30-56(55)53-43-66-76-70(42-40-65-63-35-17-16-33-61(63)62-34-18-19-36-64(62)74(65)76)82-71-46-54(73-57(49-23-6-2-7-24-49)37-20-38-58(73)50-25-8-3-9-26-50)47-72-78(71)81(67(45-53)79(66)82)68-44-52-28-11-13-32-60(52)77-75-59-31-12-10-27-51(59)39-41-69(75)83(72)80(68)77/h1-47H. The monoisotopic (exact) mass is 1050 g/mol. The maximum atomic E-state index is 2.70. The molecule has 0 aliphatic carbocycles.